The molecule has 3 atom stereocenters. The van der Waals surface area contributed by atoms with E-state index in [0.717, 1.165) is 38.2 Å². The van der Waals surface area contributed by atoms with Crippen LogP contribution in [0, 0.1) is 5.92 Å². The summed E-state index contributed by atoms with van der Waals surface area (Å²) in [6.07, 6.45) is 7.33. The summed E-state index contributed by atoms with van der Waals surface area (Å²) in [5.74, 6) is 0.670. The molecule has 24 heavy (non-hydrogen) atoms. The zero-order chi connectivity index (χ0) is 16.4. The van der Waals surface area contributed by atoms with Gasteiger partial charge in [-0.15, -0.1) is 0 Å². The predicted octanol–water partition coefficient (Wildman–Crippen LogP) is 3.39. The lowest BCUT2D eigenvalue weighted by Gasteiger charge is -2.34. The van der Waals surface area contributed by atoms with Crippen molar-refractivity contribution in [3.05, 3.63) is 59.7 Å². The molecule has 4 rings (SSSR count). The molecular weight excluding hydrogens is 298 g/mol. The molecule has 0 amide bonds. The van der Waals surface area contributed by atoms with E-state index in [1.807, 2.05) is 6.07 Å². The number of hydrogen-bond acceptors (Lipinski definition) is 4. The Morgan fingerprint density at radius 2 is 2.00 bits per heavy atom. The second-order valence-corrected chi connectivity index (χ2v) is 6.99. The van der Waals surface area contributed by atoms with Gasteiger partial charge in [-0.05, 0) is 48.9 Å². The number of rotatable bonds is 4. The van der Waals surface area contributed by atoms with E-state index in [1.54, 1.807) is 12.5 Å². The monoisotopic (exact) mass is 323 g/mol. The van der Waals surface area contributed by atoms with E-state index in [2.05, 4.69) is 46.1 Å². The van der Waals surface area contributed by atoms with E-state index in [4.69, 9.17) is 4.74 Å². The number of aromatic nitrogens is 2. The van der Waals surface area contributed by atoms with Gasteiger partial charge in [-0.2, -0.15) is 0 Å². The molecule has 0 saturated carbocycles. The summed E-state index contributed by atoms with van der Waals surface area (Å²) >= 11 is 0. The van der Waals surface area contributed by atoms with Crippen LogP contribution in [0.15, 0.2) is 42.9 Å². The van der Waals surface area contributed by atoms with Gasteiger partial charge >= 0.3 is 0 Å². The van der Waals surface area contributed by atoms with Crippen LogP contribution in [0.1, 0.15) is 42.7 Å². The third-order valence-electron chi connectivity index (χ3n) is 5.41. The van der Waals surface area contributed by atoms with Gasteiger partial charge in [0.15, 0.2) is 0 Å². The van der Waals surface area contributed by atoms with Gasteiger partial charge < -0.3 is 4.74 Å². The van der Waals surface area contributed by atoms with Gasteiger partial charge in [0.25, 0.3) is 0 Å². The maximum atomic E-state index is 6.32. The van der Waals surface area contributed by atoms with Crippen molar-refractivity contribution in [2.75, 3.05) is 13.1 Å². The van der Waals surface area contributed by atoms with Crippen LogP contribution in [0.2, 0.25) is 0 Å². The van der Waals surface area contributed by atoms with Crippen molar-refractivity contribution in [1.29, 1.82) is 0 Å². The Morgan fingerprint density at radius 1 is 1.17 bits per heavy atom. The van der Waals surface area contributed by atoms with E-state index in [1.165, 1.54) is 17.5 Å². The first-order valence-electron chi connectivity index (χ1n) is 9.03. The number of piperidine rings is 1. The van der Waals surface area contributed by atoms with Crippen molar-refractivity contribution in [3.63, 3.8) is 0 Å². The number of ether oxygens (including phenoxy) is 1. The highest BCUT2D eigenvalue weighted by Gasteiger charge is 2.39. The molecule has 0 bridgehead atoms. The lowest BCUT2D eigenvalue weighted by atomic mass is 9.91. The van der Waals surface area contributed by atoms with Crippen LogP contribution in [0.4, 0.5) is 0 Å². The number of nitrogens with zero attached hydrogens (tertiary/aromatic N) is 3. The Bertz CT molecular complexity index is 658. The minimum atomic E-state index is 0.145. The SMILES string of the molecule is CCc1ccc(CN2CC[C@@H]3C[C@@H](c4ccncn4)O[C@H]3C2)cc1. The first kappa shape index (κ1) is 15.7. The van der Waals surface area contributed by atoms with Gasteiger partial charge in [0.05, 0.1) is 11.8 Å². The Balaban J connectivity index is 1.37. The molecule has 0 N–H and O–H groups in total. The maximum absolute atomic E-state index is 6.32. The zero-order valence-corrected chi connectivity index (χ0v) is 14.3. The van der Waals surface area contributed by atoms with Crippen LogP contribution < -0.4 is 0 Å². The minimum absolute atomic E-state index is 0.145. The van der Waals surface area contributed by atoms with Crippen molar-refractivity contribution in [2.45, 2.75) is 44.9 Å². The van der Waals surface area contributed by atoms with Gasteiger partial charge in [-0.25, -0.2) is 9.97 Å². The smallest absolute Gasteiger partial charge is 0.115 e. The number of aryl methyl sites for hydroxylation is 1. The summed E-state index contributed by atoms with van der Waals surface area (Å²) in [5.41, 5.74) is 3.83. The standard InChI is InChI=1S/C20H25N3O/c1-2-15-3-5-16(6-4-15)12-23-10-8-17-11-19(24-20(17)13-23)18-7-9-21-14-22-18/h3-7,9,14,17,19-20H,2,8,10-13H2,1H3/t17-,19+,20+/m1/s1. The predicted molar refractivity (Wildman–Crippen MR) is 93.5 cm³/mol. The van der Waals surface area contributed by atoms with Gasteiger partial charge in [0.2, 0.25) is 0 Å². The average Bonchev–Trinajstić information content (AvgIpc) is 3.06. The first-order chi connectivity index (χ1) is 11.8. The fourth-order valence-corrected chi connectivity index (χ4v) is 3.96. The Hall–Kier alpha value is -1.78. The van der Waals surface area contributed by atoms with Crippen LogP contribution in [-0.2, 0) is 17.7 Å². The number of hydrogen-bond donors (Lipinski definition) is 0. The molecule has 3 heterocycles. The highest BCUT2D eigenvalue weighted by atomic mass is 16.5. The summed E-state index contributed by atoms with van der Waals surface area (Å²) < 4.78 is 6.32. The zero-order valence-electron chi connectivity index (χ0n) is 14.3. The molecule has 4 heteroatoms. The summed E-state index contributed by atoms with van der Waals surface area (Å²) in [5, 5.41) is 0. The third-order valence-corrected chi connectivity index (χ3v) is 5.41. The second-order valence-electron chi connectivity index (χ2n) is 6.99. The van der Waals surface area contributed by atoms with Crippen molar-refractivity contribution in [1.82, 2.24) is 14.9 Å². The molecule has 1 aromatic carbocycles. The largest absolute Gasteiger partial charge is 0.367 e. The molecule has 2 fully saturated rings. The number of likely N-dealkylation sites (tertiary alicyclic amines) is 1. The van der Waals surface area contributed by atoms with Crippen molar-refractivity contribution >= 4 is 0 Å². The summed E-state index contributed by atoms with van der Waals surface area (Å²) in [6, 6.07) is 11.0. The van der Waals surface area contributed by atoms with Crippen LogP contribution in [0.5, 0.6) is 0 Å². The van der Waals surface area contributed by atoms with E-state index < -0.39 is 0 Å². The fraction of sp³-hybridized carbons (Fsp3) is 0.500. The van der Waals surface area contributed by atoms with E-state index >= 15 is 0 Å². The lowest BCUT2D eigenvalue weighted by molar-refractivity contribution is -0.0106. The number of benzene rings is 1. The normalized spacial score (nSPS) is 27.1. The molecule has 0 spiro atoms. The molecule has 2 aliphatic rings. The van der Waals surface area contributed by atoms with E-state index in [9.17, 15) is 0 Å². The van der Waals surface area contributed by atoms with Gasteiger partial charge in [-0.1, -0.05) is 31.2 Å². The van der Waals surface area contributed by atoms with Gasteiger partial charge in [0, 0.05) is 19.3 Å². The van der Waals surface area contributed by atoms with Crippen molar-refractivity contribution in [3.8, 4) is 0 Å². The summed E-state index contributed by atoms with van der Waals surface area (Å²) in [6.45, 7) is 5.42. The van der Waals surface area contributed by atoms with Crippen LogP contribution in [0.25, 0.3) is 0 Å². The molecule has 0 aliphatic carbocycles. The lowest BCUT2D eigenvalue weighted by Crippen LogP contribution is -2.41. The van der Waals surface area contributed by atoms with Gasteiger partial charge in [0.1, 0.15) is 12.4 Å². The van der Waals surface area contributed by atoms with E-state index in [-0.39, 0.29) is 6.10 Å². The minimum Gasteiger partial charge on any atom is -0.367 e. The molecule has 2 aliphatic heterocycles. The molecule has 4 nitrogen and oxygen atoms in total. The van der Waals surface area contributed by atoms with Crippen molar-refractivity contribution in [2.24, 2.45) is 5.92 Å². The maximum Gasteiger partial charge on any atom is 0.115 e. The third kappa shape index (κ3) is 3.35. The van der Waals surface area contributed by atoms with Crippen molar-refractivity contribution < 1.29 is 4.74 Å². The highest BCUT2D eigenvalue weighted by Crippen LogP contribution is 2.40. The fourth-order valence-electron chi connectivity index (χ4n) is 3.96. The highest BCUT2D eigenvalue weighted by molar-refractivity contribution is 5.22. The van der Waals surface area contributed by atoms with Gasteiger partial charge in [-0.3, -0.25) is 4.90 Å². The Kier molecular flexibility index (Phi) is 4.58. The van der Waals surface area contributed by atoms with Crippen LogP contribution in [0.3, 0.4) is 0 Å². The molecule has 0 radical (unpaired) electrons. The molecule has 2 saturated heterocycles. The summed E-state index contributed by atoms with van der Waals surface area (Å²) in [4.78, 5) is 10.9. The topological polar surface area (TPSA) is 38.2 Å². The van der Waals surface area contributed by atoms with E-state index in [0.29, 0.717) is 12.0 Å². The molecule has 126 valence electrons. The second kappa shape index (κ2) is 6.99. The van der Waals surface area contributed by atoms with Crippen LogP contribution >= 0.6 is 0 Å². The Labute approximate surface area is 143 Å². The number of fused-ring (bicyclic) bond motifs is 1. The summed E-state index contributed by atoms with van der Waals surface area (Å²) in [7, 11) is 0. The molecular formula is C20H25N3O. The molecule has 1 aromatic heterocycles. The average molecular weight is 323 g/mol. The Morgan fingerprint density at radius 3 is 2.75 bits per heavy atom. The molecule has 0 unspecified atom stereocenters. The van der Waals surface area contributed by atoms with Crippen LogP contribution in [-0.4, -0.2) is 34.1 Å². The quantitative estimate of drug-likeness (QED) is 0.864. The molecule has 2 aromatic rings. The first-order valence-corrected chi connectivity index (χ1v) is 9.03.